The highest BCUT2D eigenvalue weighted by Gasteiger charge is 2.18. The van der Waals surface area contributed by atoms with E-state index in [0.29, 0.717) is 11.4 Å². The standard InChI is InChI=1S/C19H26N4O4/c1-12-5-6-14(23-18(26)27-19(2,3)4)15(9-12)22-17(25)10-16(24)13(11-21)7-8-20/h5-9,11H,10,20-21H2,1-4H3,(H,22,25)(H,23,26)/b8-7-,13-11?. The van der Waals surface area contributed by atoms with Crippen LogP contribution < -0.4 is 22.1 Å². The Labute approximate surface area is 158 Å². The number of allylic oxidation sites excluding steroid dienone is 2. The minimum Gasteiger partial charge on any atom is -0.444 e. The molecule has 27 heavy (non-hydrogen) atoms. The molecule has 8 nitrogen and oxygen atoms in total. The Morgan fingerprint density at radius 3 is 2.33 bits per heavy atom. The predicted molar refractivity (Wildman–Crippen MR) is 105 cm³/mol. The number of ketones is 1. The molecule has 0 saturated carbocycles. The van der Waals surface area contributed by atoms with Gasteiger partial charge in [-0.1, -0.05) is 6.07 Å². The molecule has 0 radical (unpaired) electrons. The maximum absolute atomic E-state index is 12.2. The van der Waals surface area contributed by atoms with Crippen molar-refractivity contribution in [3.8, 4) is 0 Å². The third-order valence-electron chi connectivity index (χ3n) is 3.18. The van der Waals surface area contributed by atoms with Crippen LogP contribution in [-0.2, 0) is 14.3 Å². The number of hydrogen-bond acceptors (Lipinski definition) is 6. The largest absolute Gasteiger partial charge is 0.444 e. The van der Waals surface area contributed by atoms with Crippen molar-refractivity contribution in [3.63, 3.8) is 0 Å². The average molecular weight is 374 g/mol. The molecule has 0 saturated heterocycles. The molecule has 1 aromatic rings. The van der Waals surface area contributed by atoms with Gasteiger partial charge in [0.25, 0.3) is 0 Å². The molecule has 0 heterocycles. The number of aryl methyl sites for hydroxylation is 1. The topological polar surface area (TPSA) is 137 Å². The molecular weight excluding hydrogens is 348 g/mol. The summed E-state index contributed by atoms with van der Waals surface area (Å²) in [7, 11) is 0. The average Bonchev–Trinajstić information content (AvgIpc) is 2.53. The lowest BCUT2D eigenvalue weighted by Crippen LogP contribution is -2.27. The molecule has 0 unspecified atom stereocenters. The van der Waals surface area contributed by atoms with Crippen molar-refractivity contribution in [2.45, 2.75) is 39.7 Å². The molecule has 1 aromatic carbocycles. The molecule has 8 heteroatoms. The maximum atomic E-state index is 12.2. The summed E-state index contributed by atoms with van der Waals surface area (Å²) in [6.45, 7) is 7.07. The highest BCUT2D eigenvalue weighted by Crippen LogP contribution is 2.24. The number of rotatable bonds is 6. The first-order valence-electron chi connectivity index (χ1n) is 8.29. The first-order valence-corrected chi connectivity index (χ1v) is 8.29. The van der Waals surface area contributed by atoms with Crippen LogP contribution in [0.2, 0.25) is 0 Å². The molecule has 0 bridgehead atoms. The minimum atomic E-state index is -0.661. The van der Waals surface area contributed by atoms with E-state index in [2.05, 4.69) is 10.6 Å². The number of benzene rings is 1. The van der Waals surface area contributed by atoms with Crippen molar-refractivity contribution < 1.29 is 19.1 Å². The summed E-state index contributed by atoms with van der Waals surface area (Å²) in [6.07, 6.45) is 2.49. The molecule has 0 spiro atoms. The lowest BCUT2D eigenvalue weighted by atomic mass is 10.1. The van der Waals surface area contributed by atoms with E-state index >= 15 is 0 Å². The second-order valence-electron chi connectivity index (χ2n) is 6.81. The van der Waals surface area contributed by atoms with Gasteiger partial charge in [0.2, 0.25) is 5.91 Å². The van der Waals surface area contributed by atoms with E-state index in [1.807, 2.05) is 6.92 Å². The third-order valence-corrected chi connectivity index (χ3v) is 3.18. The molecule has 146 valence electrons. The fourth-order valence-electron chi connectivity index (χ4n) is 2.07. The van der Waals surface area contributed by atoms with E-state index in [0.717, 1.165) is 18.0 Å². The van der Waals surface area contributed by atoms with Crippen LogP contribution >= 0.6 is 0 Å². The van der Waals surface area contributed by atoms with Gasteiger partial charge in [0.1, 0.15) is 5.60 Å². The van der Waals surface area contributed by atoms with Crippen molar-refractivity contribution in [3.05, 3.63) is 47.8 Å². The molecule has 0 aliphatic heterocycles. The van der Waals surface area contributed by atoms with E-state index in [1.165, 1.54) is 6.08 Å². The summed E-state index contributed by atoms with van der Waals surface area (Å²) in [5.74, 6) is -1.03. The van der Waals surface area contributed by atoms with Crippen molar-refractivity contribution in [2.24, 2.45) is 11.5 Å². The molecule has 0 aromatic heterocycles. The van der Waals surface area contributed by atoms with Gasteiger partial charge in [-0.05, 0) is 57.7 Å². The van der Waals surface area contributed by atoms with E-state index in [9.17, 15) is 14.4 Å². The molecule has 6 N–H and O–H groups in total. The molecule has 0 aliphatic carbocycles. The number of anilines is 2. The van der Waals surface area contributed by atoms with Gasteiger partial charge in [-0.15, -0.1) is 0 Å². The number of Topliss-reactive ketones (excluding diaryl/α,β-unsaturated/α-hetero) is 1. The summed E-state index contributed by atoms with van der Waals surface area (Å²) >= 11 is 0. The zero-order valence-electron chi connectivity index (χ0n) is 16.0. The summed E-state index contributed by atoms with van der Waals surface area (Å²) in [6, 6.07) is 5.09. The van der Waals surface area contributed by atoms with Gasteiger partial charge < -0.3 is 21.5 Å². The number of nitrogens with one attached hydrogen (secondary N) is 2. The smallest absolute Gasteiger partial charge is 0.412 e. The van der Waals surface area contributed by atoms with E-state index in [4.69, 9.17) is 16.2 Å². The van der Waals surface area contributed by atoms with Crippen LogP contribution in [0.25, 0.3) is 0 Å². The van der Waals surface area contributed by atoms with Crippen LogP contribution in [0.4, 0.5) is 16.2 Å². The maximum Gasteiger partial charge on any atom is 0.412 e. The Hall–Kier alpha value is -3.29. The van der Waals surface area contributed by atoms with Gasteiger partial charge in [0.15, 0.2) is 5.78 Å². The highest BCUT2D eigenvalue weighted by atomic mass is 16.6. The van der Waals surface area contributed by atoms with E-state index in [-0.39, 0.29) is 5.57 Å². The summed E-state index contributed by atoms with van der Waals surface area (Å²) in [5.41, 5.74) is 11.6. The molecule has 1 rings (SSSR count). The highest BCUT2D eigenvalue weighted by molar-refractivity contribution is 6.12. The van der Waals surface area contributed by atoms with Crippen molar-refractivity contribution in [1.82, 2.24) is 0 Å². The normalized spacial score (nSPS) is 11.9. The number of hydrogen-bond donors (Lipinski definition) is 4. The Balaban J connectivity index is 2.90. The molecule has 0 fully saturated rings. The van der Waals surface area contributed by atoms with Crippen molar-refractivity contribution in [1.29, 1.82) is 0 Å². The Bertz CT molecular complexity index is 776. The monoisotopic (exact) mass is 374 g/mol. The lowest BCUT2D eigenvalue weighted by molar-refractivity contribution is -0.123. The van der Waals surface area contributed by atoms with Crippen LogP contribution in [0.5, 0.6) is 0 Å². The van der Waals surface area contributed by atoms with Gasteiger partial charge in [0, 0.05) is 11.8 Å². The van der Waals surface area contributed by atoms with Crippen LogP contribution in [-0.4, -0.2) is 23.4 Å². The van der Waals surface area contributed by atoms with Gasteiger partial charge in [-0.25, -0.2) is 4.79 Å². The zero-order chi connectivity index (χ0) is 20.6. The van der Waals surface area contributed by atoms with Gasteiger partial charge in [-0.2, -0.15) is 0 Å². The molecule has 0 aliphatic rings. The van der Waals surface area contributed by atoms with Crippen LogP contribution in [0.3, 0.4) is 0 Å². The second-order valence-corrected chi connectivity index (χ2v) is 6.81. The summed E-state index contributed by atoms with van der Waals surface area (Å²) in [4.78, 5) is 36.3. The second kappa shape index (κ2) is 9.42. The number of carbonyl (C=O) groups excluding carboxylic acids is 3. The fourth-order valence-corrected chi connectivity index (χ4v) is 2.07. The van der Waals surface area contributed by atoms with Crippen molar-refractivity contribution in [2.75, 3.05) is 10.6 Å². The SMILES string of the molecule is Cc1ccc(NC(=O)OC(C)(C)C)c(NC(=O)CC(=O)C(=CN)/C=C\N)c1. The van der Waals surface area contributed by atoms with Crippen molar-refractivity contribution >= 4 is 29.2 Å². The third kappa shape index (κ3) is 7.64. The first kappa shape index (κ1) is 21.8. The minimum absolute atomic E-state index is 0.129. The van der Waals surface area contributed by atoms with Crippen LogP contribution in [0, 0.1) is 6.92 Å². The van der Waals surface area contributed by atoms with Crippen LogP contribution in [0.1, 0.15) is 32.8 Å². The number of carbonyl (C=O) groups is 3. The quantitative estimate of drug-likeness (QED) is 0.343. The van der Waals surface area contributed by atoms with Crippen LogP contribution in [0.15, 0.2) is 42.2 Å². The summed E-state index contributed by atoms with van der Waals surface area (Å²) < 4.78 is 5.21. The zero-order valence-corrected chi connectivity index (χ0v) is 16.0. The predicted octanol–water partition coefficient (Wildman–Crippen LogP) is 2.55. The number of ether oxygens (including phenoxy) is 1. The van der Waals surface area contributed by atoms with E-state index in [1.54, 1.807) is 39.0 Å². The Morgan fingerprint density at radius 1 is 1.11 bits per heavy atom. The summed E-state index contributed by atoms with van der Waals surface area (Å²) in [5, 5.41) is 5.21. The number of nitrogens with two attached hydrogens (primary N) is 2. The van der Waals surface area contributed by atoms with Gasteiger partial charge >= 0.3 is 6.09 Å². The Kier molecular flexibility index (Phi) is 7.59. The molecule has 2 amide bonds. The molecule has 0 atom stereocenters. The fraction of sp³-hybridized carbons (Fsp3) is 0.316. The van der Waals surface area contributed by atoms with Gasteiger partial charge in [0.05, 0.1) is 17.8 Å². The lowest BCUT2D eigenvalue weighted by Gasteiger charge is -2.20. The van der Waals surface area contributed by atoms with Gasteiger partial charge in [-0.3, -0.25) is 14.9 Å². The molecular formula is C19H26N4O4. The van der Waals surface area contributed by atoms with E-state index < -0.39 is 29.8 Å². The first-order chi connectivity index (χ1) is 12.6. The number of amides is 2. The Morgan fingerprint density at radius 2 is 1.78 bits per heavy atom.